The highest BCUT2D eigenvalue weighted by atomic mass is 16.2. The summed E-state index contributed by atoms with van der Waals surface area (Å²) in [5.41, 5.74) is 0.00508. The maximum Gasteiger partial charge on any atom is 0.330 e. The van der Waals surface area contributed by atoms with E-state index in [1.807, 2.05) is 4.57 Å². The number of aromatic nitrogens is 4. The van der Waals surface area contributed by atoms with Gasteiger partial charge < -0.3 is 9.88 Å². The molecule has 0 fully saturated rings. The van der Waals surface area contributed by atoms with Gasteiger partial charge in [-0.2, -0.15) is 0 Å². The zero-order valence-electron chi connectivity index (χ0n) is 18.2. The van der Waals surface area contributed by atoms with E-state index in [1.165, 1.54) is 0 Å². The summed E-state index contributed by atoms with van der Waals surface area (Å²) in [5.74, 6) is 0.963. The van der Waals surface area contributed by atoms with E-state index in [0.717, 1.165) is 32.1 Å². The van der Waals surface area contributed by atoms with Crippen LogP contribution >= 0.6 is 0 Å². The minimum Gasteiger partial charge on any atom is -0.356 e. The molecular weight excluding hydrogens is 370 g/mol. The van der Waals surface area contributed by atoms with Crippen molar-refractivity contribution in [3.63, 3.8) is 0 Å². The predicted octanol–water partition coefficient (Wildman–Crippen LogP) is 2.58. The quantitative estimate of drug-likeness (QED) is 0.530. The number of imidazole rings is 1. The molecule has 8 nitrogen and oxygen atoms in total. The fraction of sp³-hybridized carbons (Fsp3) is 0.714. The van der Waals surface area contributed by atoms with Gasteiger partial charge in [-0.05, 0) is 18.8 Å². The average molecular weight is 406 g/mol. The van der Waals surface area contributed by atoms with Gasteiger partial charge in [0.15, 0.2) is 11.2 Å². The van der Waals surface area contributed by atoms with Crippen molar-refractivity contribution in [1.82, 2.24) is 24.4 Å². The van der Waals surface area contributed by atoms with E-state index in [2.05, 4.69) is 43.0 Å². The molecule has 1 amide bonds. The van der Waals surface area contributed by atoms with E-state index in [0.29, 0.717) is 55.4 Å². The minimum atomic E-state index is -0.426. The lowest BCUT2D eigenvalue weighted by Crippen LogP contribution is -2.31. The van der Waals surface area contributed by atoms with Crippen LogP contribution in [0.2, 0.25) is 0 Å². The van der Waals surface area contributed by atoms with Crippen molar-refractivity contribution < 1.29 is 4.79 Å². The molecule has 8 heteroatoms. The Bertz CT molecular complexity index is 923. The number of nitrogens with one attached hydrogen (secondary N) is 2. The SMILES string of the molecule is CCCCCNC(=O)CCc1nc2c(c(=O)[nH]c(=O)n2CCCC)n1CC(C)C. The number of nitrogens with zero attached hydrogens (tertiary/aromatic N) is 3. The first-order chi connectivity index (χ1) is 13.9. The van der Waals surface area contributed by atoms with Gasteiger partial charge in [0.1, 0.15) is 5.82 Å². The average Bonchev–Trinajstić information content (AvgIpc) is 3.01. The first-order valence-electron chi connectivity index (χ1n) is 10.9. The van der Waals surface area contributed by atoms with Crippen molar-refractivity contribution in [2.24, 2.45) is 5.92 Å². The number of aryl methyl sites for hydroxylation is 2. The van der Waals surface area contributed by atoms with E-state index in [1.54, 1.807) is 4.57 Å². The predicted molar refractivity (Wildman–Crippen MR) is 115 cm³/mol. The van der Waals surface area contributed by atoms with Gasteiger partial charge in [0.2, 0.25) is 5.91 Å². The summed E-state index contributed by atoms with van der Waals surface area (Å²) >= 11 is 0. The molecule has 2 heterocycles. The second-order valence-electron chi connectivity index (χ2n) is 8.03. The van der Waals surface area contributed by atoms with E-state index in [-0.39, 0.29) is 5.91 Å². The second kappa shape index (κ2) is 11.0. The summed E-state index contributed by atoms with van der Waals surface area (Å²) in [4.78, 5) is 44.2. The molecule has 162 valence electrons. The number of amides is 1. The third kappa shape index (κ3) is 6.05. The van der Waals surface area contributed by atoms with Gasteiger partial charge in [0.25, 0.3) is 5.56 Å². The number of fused-ring (bicyclic) bond motifs is 1. The summed E-state index contributed by atoms with van der Waals surface area (Å²) in [6, 6.07) is 0. The Morgan fingerprint density at radius 3 is 2.48 bits per heavy atom. The molecule has 2 rings (SSSR count). The highest BCUT2D eigenvalue weighted by molar-refractivity contribution is 5.76. The number of aromatic amines is 1. The van der Waals surface area contributed by atoms with E-state index >= 15 is 0 Å². The van der Waals surface area contributed by atoms with Crippen molar-refractivity contribution >= 4 is 17.1 Å². The first kappa shape index (κ1) is 22.9. The van der Waals surface area contributed by atoms with Gasteiger partial charge in [0, 0.05) is 32.5 Å². The van der Waals surface area contributed by atoms with E-state index in [4.69, 9.17) is 0 Å². The molecule has 29 heavy (non-hydrogen) atoms. The first-order valence-corrected chi connectivity index (χ1v) is 10.9. The van der Waals surface area contributed by atoms with Gasteiger partial charge in [-0.15, -0.1) is 0 Å². The van der Waals surface area contributed by atoms with Crippen LogP contribution in [0, 0.1) is 5.92 Å². The lowest BCUT2D eigenvalue weighted by atomic mass is 10.2. The molecule has 0 spiro atoms. The third-order valence-electron chi connectivity index (χ3n) is 4.93. The van der Waals surface area contributed by atoms with Gasteiger partial charge in [0.05, 0.1) is 0 Å². The highest BCUT2D eigenvalue weighted by Gasteiger charge is 2.19. The number of unbranched alkanes of at least 4 members (excludes halogenated alkanes) is 3. The summed E-state index contributed by atoms with van der Waals surface area (Å²) < 4.78 is 3.43. The molecule has 0 bridgehead atoms. The number of hydrogen-bond acceptors (Lipinski definition) is 4. The van der Waals surface area contributed by atoms with Crippen LogP contribution in [0.25, 0.3) is 11.2 Å². The van der Waals surface area contributed by atoms with Crippen molar-refractivity contribution in [3.8, 4) is 0 Å². The molecule has 0 aliphatic rings. The Labute approximate surface area is 171 Å². The molecule has 2 N–H and O–H groups in total. The molecule has 0 radical (unpaired) electrons. The standard InChI is InChI=1S/C21H35N5O3/c1-5-7-9-12-22-17(27)11-10-16-23-19-18(26(16)14-15(3)4)20(28)24-21(29)25(19)13-8-6-2/h15H,5-14H2,1-4H3,(H,22,27)(H,24,28,29). The fourth-order valence-electron chi connectivity index (χ4n) is 3.41. The maximum absolute atomic E-state index is 12.6. The van der Waals surface area contributed by atoms with Crippen molar-refractivity contribution in [2.45, 2.75) is 85.7 Å². The lowest BCUT2D eigenvalue weighted by molar-refractivity contribution is -0.121. The van der Waals surface area contributed by atoms with Crippen molar-refractivity contribution in [1.29, 1.82) is 0 Å². The number of carbonyl (C=O) groups is 1. The van der Waals surface area contributed by atoms with Gasteiger partial charge in [-0.25, -0.2) is 9.78 Å². The van der Waals surface area contributed by atoms with Crippen LogP contribution in [0.4, 0.5) is 0 Å². The molecule has 0 aliphatic heterocycles. The Balaban J connectivity index is 2.33. The Morgan fingerprint density at radius 1 is 1.10 bits per heavy atom. The maximum atomic E-state index is 12.6. The van der Waals surface area contributed by atoms with Crippen LogP contribution in [-0.4, -0.2) is 31.6 Å². The largest absolute Gasteiger partial charge is 0.356 e. The van der Waals surface area contributed by atoms with Crippen LogP contribution in [0.5, 0.6) is 0 Å². The zero-order valence-corrected chi connectivity index (χ0v) is 18.2. The monoisotopic (exact) mass is 405 g/mol. The lowest BCUT2D eigenvalue weighted by Gasteiger charge is -2.11. The third-order valence-corrected chi connectivity index (χ3v) is 4.93. The molecule has 2 aromatic heterocycles. The number of carbonyl (C=O) groups excluding carboxylic acids is 1. The van der Waals surface area contributed by atoms with E-state index < -0.39 is 11.2 Å². The van der Waals surface area contributed by atoms with Crippen molar-refractivity contribution in [2.75, 3.05) is 6.54 Å². The molecule has 2 aromatic rings. The molecule has 0 atom stereocenters. The van der Waals surface area contributed by atoms with Crippen LogP contribution in [0.1, 0.15) is 72.0 Å². The van der Waals surface area contributed by atoms with Crippen LogP contribution in [0.15, 0.2) is 9.59 Å². The zero-order chi connectivity index (χ0) is 21.4. The minimum absolute atomic E-state index is 0.0125. The number of rotatable bonds is 12. The fourth-order valence-corrected chi connectivity index (χ4v) is 3.41. The van der Waals surface area contributed by atoms with Crippen LogP contribution in [-0.2, 0) is 24.3 Å². The smallest absolute Gasteiger partial charge is 0.330 e. The van der Waals surface area contributed by atoms with Crippen LogP contribution < -0.4 is 16.6 Å². The summed E-state index contributed by atoms with van der Waals surface area (Å²) in [7, 11) is 0. The Kier molecular flexibility index (Phi) is 8.67. The second-order valence-corrected chi connectivity index (χ2v) is 8.03. The summed E-state index contributed by atoms with van der Waals surface area (Å²) in [5, 5.41) is 2.94. The summed E-state index contributed by atoms with van der Waals surface area (Å²) in [6.07, 6.45) is 5.70. The Hall–Kier alpha value is -2.38. The van der Waals surface area contributed by atoms with Crippen LogP contribution in [0.3, 0.4) is 0 Å². The van der Waals surface area contributed by atoms with Gasteiger partial charge >= 0.3 is 5.69 Å². The number of hydrogen-bond donors (Lipinski definition) is 2. The number of H-pyrrole nitrogens is 1. The Morgan fingerprint density at radius 2 is 1.83 bits per heavy atom. The molecule has 0 aromatic carbocycles. The highest BCUT2D eigenvalue weighted by Crippen LogP contribution is 2.16. The molecule has 0 unspecified atom stereocenters. The molecule has 0 aliphatic carbocycles. The molecule has 0 saturated heterocycles. The van der Waals surface area contributed by atoms with E-state index in [9.17, 15) is 14.4 Å². The summed E-state index contributed by atoms with van der Waals surface area (Å²) in [6.45, 7) is 10.1. The van der Waals surface area contributed by atoms with Gasteiger partial charge in [-0.1, -0.05) is 47.0 Å². The topological polar surface area (TPSA) is 102 Å². The molecule has 0 saturated carbocycles. The van der Waals surface area contributed by atoms with Crippen molar-refractivity contribution in [3.05, 3.63) is 26.7 Å². The molecular formula is C21H35N5O3. The van der Waals surface area contributed by atoms with Gasteiger partial charge in [-0.3, -0.25) is 19.1 Å². The normalized spacial score (nSPS) is 11.5.